The molecular weight excluding hydrogens is 587 g/mol. The van der Waals surface area contributed by atoms with E-state index in [2.05, 4.69) is 10.6 Å². The fourth-order valence-corrected chi connectivity index (χ4v) is 6.23. The maximum absolute atomic E-state index is 15.5. The van der Waals surface area contributed by atoms with E-state index < -0.39 is 17.2 Å². The van der Waals surface area contributed by atoms with Gasteiger partial charge in [-0.1, -0.05) is 30.3 Å². The monoisotopic (exact) mass is 626 g/mol. The third kappa shape index (κ3) is 6.57. The molecule has 0 radical (unpaired) electrons. The molecule has 0 spiro atoms. The van der Waals surface area contributed by atoms with Gasteiger partial charge in [0.05, 0.1) is 7.11 Å². The minimum Gasteiger partial charge on any atom is -0.496 e. The Morgan fingerprint density at radius 1 is 1.00 bits per heavy atom. The molecular formula is C36H39FN4O5. The van der Waals surface area contributed by atoms with Gasteiger partial charge in [0.1, 0.15) is 22.9 Å². The molecule has 1 saturated carbocycles. The lowest BCUT2D eigenvalue weighted by Gasteiger charge is -2.18. The lowest BCUT2D eigenvalue weighted by molar-refractivity contribution is -0.117. The Kier molecular flexibility index (Phi) is 9.67. The molecule has 0 bridgehead atoms. The molecule has 2 N–H and O–H groups in total. The summed E-state index contributed by atoms with van der Waals surface area (Å²) in [5.74, 6) is 0.197. The number of aromatic nitrogens is 2. The van der Waals surface area contributed by atoms with Crippen LogP contribution in [0.2, 0.25) is 0 Å². The summed E-state index contributed by atoms with van der Waals surface area (Å²) in [7, 11) is 4.34. The van der Waals surface area contributed by atoms with Crippen molar-refractivity contribution in [2.45, 2.75) is 46.1 Å². The average molecular weight is 627 g/mol. The molecule has 1 heterocycles. The molecule has 1 amide bonds. The summed E-state index contributed by atoms with van der Waals surface area (Å²) in [4.78, 5) is 49.4. The largest absolute Gasteiger partial charge is 0.496 e. The number of ketones is 1. The van der Waals surface area contributed by atoms with Crippen LogP contribution in [0.1, 0.15) is 52.7 Å². The number of carbonyl (C=O) groups is 2. The molecule has 9 nitrogen and oxygen atoms in total. The van der Waals surface area contributed by atoms with Gasteiger partial charge in [-0.05, 0) is 90.7 Å². The maximum atomic E-state index is 15.5. The molecule has 0 saturated heterocycles. The van der Waals surface area contributed by atoms with E-state index >= 15 is 4.39 Å². The normalized spacial score (nSPS) is 14.5. The predicted molar refractivity (Wildman–Crippen MR) is 177 cm³/mol. The number of benzene rings is 3. The fourth-order valence-electron chi connectivity index (χ4n) is 6.23. The molecule has 1 aliphatic carbocycles. The molecule has 1 fully saturated rings. The number of hydrogen-bond acceptors (Lipinski definition) is 6. The number of nitrogens with one attached hydrogen (secondary N) is 2. The van der Waals surface area contributed by atoms with Crippen molar-refractivity contribution in [3.8, 4) is 28.0 Å². The van der Waals surface area contributed by atoms with Gasteiger partial charge in [-0.15, -0.1) is 0 Å². The Labute approximate surface area is 267 Å². The average Bonchev–Trinajstić information content (AvgIpc) is 3.46. The predicted octanol–water partition coefficient (Wildman–Crippen LogP) is 5.28. The van der Waals surface area contributed by atoms with Gasteiger partial charge < -0.3 is 19.9 Å². The second kappa shape index (κ2) is 13.7. The number of aryl methyl sites for hydroxylation is 1. The van der Waals surface area contributed by atoms with Gasteiger partial charge in [-0.2, -0.15) is 0 Å². The molecule has 1 aromatic heterocycles. The lowest BCUT2D eigenvalue weighted by Crippen LogP contribution is -2.40. The number of hydrogen-bond donors (Lipinski definition) is 2. The van der Waals surface area contributed by atoms with Crippen molar-refractivity contribution in [3.63, 3.8) is 0 Å². The Bertz CT molecular complexity index is 1940. The van der Waals surface area contributed by atoms with Gasteiger partial charge >= 0.3 is 5.69 Å². The van der Waals surface area contributed by atoms with Crippen molar-refractivity contribution >= 4 is 17.4 Å². The van der Waals surface area contributed by atoms with Crippen molar-refractivity contribution < 1.29 is 18.7 Å². The van der Waals surface area contributed by atoms with Crippen molar-refractivity contribution in [1.29, 1.82) is 0 Å². The first-order valence-corrected chi connectivity index (χ1v) is 15.4. The van der Waals surface area contributed by atoms with Crippen molar-refractivity contribution in [2.75, 3.05) is 19.0 Å². The van der Waals surface area contributed by atoms with Crippen LogP contribution in [-0.2, 0) is 25.4 Å². The van der Waals surface area contributed by atoms with Gasteiger partial charge in [0.15, 0.2) is 0 Å². The zero-order valence-electron chi connectivity index (χ0n) is 26.8. The number of carbonyl (C=O) groups excluding carboxylic acids is 2. The number of nitrogens with zero attached hydrogens (tertiary/aromatic N) is 2. The number of anilines is 1. The molecule has 4 aromatic rings. The third-order valence-electron chi connectivity index (χ3n) is 8.96. The van der Waals surface area contributed by atoms with Crippen molar-refractivity contribution in [3.05, 3.63) is 104 Å². The number of rotatable bonds is 10. The summed E-state index contributed by atoms with van der Waals surface area (Å²) in [6.07, 6.45) is 4.36. The molecule has 10 heteroatoms. The molecule has 1 aliphatic rings. The second-order valence-electron chi connectivity index (χ2n) is 12.0. The van der Waals surface area contributed by atoms with E-state index in [1.165, 1.54) is 38.0 Å². The smallest absolute Gasteiger partial charge is 0.330 e. The van der Waals surface area contributed by atoms with E-state index in [9.17, 15) is 19.2 Å². The highest BCUT2D eigenvalue weighted by Crippen LogP contribution is 2.37. The van der Waals surface area contributed by atoms with Crippen LogP contribution in [0, 0.1) is 25.6 Å². The quantitative estimate of drug-likeness (QED) is 0.232. The fraction of sp³-hybridized carbons (Fsp3) is 0.333. The molecule has 5 rings (SSSR count). The third-order valence-corrected chi connectivity index (χ3v) is 8.96. The Balaban J connectivity index is 1.39. The number of ether oxygens (including phenoxy) is 1. The van der Waals surface area contributed by atoms with E-state index in [1.54, 1.807) is 6.07 Å². The highest BCUT2D eigenvalue weighted by molar-refractivity contribution is 6.04. The van der Waals surface area contributed by atoms with Gasteiger partial charge in [0.2, 0.25) is 0 Å². The van der Waals surface area contributed by atoms with E-state index in [1.807, 2.05) is 50.2 Å². The first-order valence-electron chi connectivity index (χ1n) is 15.4. The van der Waals surface area contributed by atoms with Crippen LogP contribution in [0.25, 0.3) is 22.3 Å². The van der Waals surface area contributed by atoms with Crippen LogP contribution in [0.4, 0.5) is 10.1 Å². The maximum Gasteiger partial charge on any atom is 0.330 e. The summed E-state index contributed by atoms with van der Waals surface area (Å²) >= 11 is 0. The number of halogens is 1. The van der Waals surface area contributed by atoms with E-state index in [4.69, 9.17) is 4.74 Å². The second-order valence-corrected chi connectivity index (χ2v) is 12.0. The van der Waals surface area contributed by atoms with E-state index in [0.717, 1.165) is 45.2 Å². The van der Waals surface area contributed by atoms with Crippen molar-refractivity contribution in [1.82, 2.24) is 14.5 Å². The minimum atomic E-state index is -0.677. The van der Waals surface area contributed by atoms with Gasteiger partial charge in [-0.3, -0.25) is 19.0 Å². The lowest BCUT2D eigenvalue weighted by atomic mass is 9.90. The highest BCUT2D eigenvalue weighted by Gasteiger charge is 2.22. The SMILES string of the molecule is COc1cc(-c2cccc(-c3cccc(NC(=O)c4cn(C)c(=O)n(C)c4=O)c3C)c2C)cc(F)c1CNCCC1CCC(=O)C1. The summed E-state index contributed by atoms with van der Waals surface area (Å²) in [5, 5.41) is 6.14. The summed E-state index contributed by atoms with van der Waals surface area (Å²) in [6, 6.07) is 14.7. The zero-order chi connectivity index (χ0) is 33.1. The molecule has 3 aromatic carbocycles. The Hall–Kier alpha value is -4.83. The van der Waals surface area contributed by atoms with Crippen LogP contribution in [0.15, 0.2) is 64.3 Å². The van der Waals surface area contributed by atoms with E-state index in [-0.39, 0.29) is 11.4 Å². The summed E-state index contributed by atoms with van der Waals surface area (Å²) in [6.45, 7) is 4.87. The van der Waals surface area contributed by atoms with Crippen LogP contribution in [-0.4, -0.2) is 34.5 Å². The molecule has 0 aliphatic heterocycles. The number of amides is 1. The number of Topliss-reactive ketones (excluding diaryl/α,β-unsaturated/α-hetero) is 1. The summed E-state index contributed by atoms with van der Waals surface area (Å²) < 4.78 is 23.3. The standard InChI is InChI=1S/C36H39FN4O5/c1-21-26(24-17-31(37)29(33(18-24)46-5)19-38-15-14-23-12-13-25(42)16-23)8-6-9-27(21)28-10-7-11-32(22(28)2)39-34(43)30-20-40(3)36(45)41(4)35(30)44/h6-11,17-18,20,23,38H,12-16,19H2,1-5H3,(H,39,43). The van der Waals surface area contributed by atoms with Crippen molar-refractivity contribution in [2.24, 2.45) is 20.0 Å². The van der Waals surface area contributed by atoms with Gasteiger partial charge in [-0.25, -0.2) is 9.18 Å². The Morgan fingerprint density at radius 2 is 1.70 bits per heavy atom. The number of methoxy groups -OCH3 is 1. The Morgan fingerprint density at radius 3 is 2.39 bits per heavy atom. The first kappa shape index (κ1) is 32.6. The van der Waals surface area contributed by atoms with Crippen LogP contribution in [0.3, 0.4) is 0 Å². The minimum absolute atomic E-state index is 0.146. The topological polar surface area (TPSA) is 111 Å². The zero-order valence-corrected chi connectivity index (χ0v) is 26.8. The summed E-state index contributed by atoms with van der Waals surface area (Å²) in [5.41, 5.74) is 4.61. The van der Waals surface area contributed by atoms with Gasteiger partial charge in [0, 0.05) is 50.9 Å². The van der Waals surface area contributed by atoms with E-state index in [0.29, 0.717) is 60.2 Å². The van der Waals surface area contributed by atoms with Crippen LogP contribution < -0.4 is 26.6 Å². The molecule has 1 atom stereocenters. The van der Waals surface area contributed by atoms with Crippen LogP contribution in [0.5, 0.6) is 5.75 Å². The molecule has 1 unspecified atom stereocenters. The van der Waals surface area contributed by atoms with Crippen LogP contribution >= 0.6 is 0 Å². The molecule has 240 valence electrons. The van der Waals surface area contributed by atoms with Gasteiger partial charge in [0.25, 0.3) is 11.5 Å². The highest BCUT2D eigenvalue weighted by atomic mass is 19.1. The molecule has 46 heavy (non-hydrogen) atoms. The first-order chi connectivity index (χ1) is 22.0.